The Hall–Kier alpha value is -0.680. The predicted molar refractivity (Wildman–Crippen MR) is 59.3 cm³/mol. The van der Waals surface area contributed by atoms with Crippen molar-refractivity contribution in [3.63, 3.8) is 0 Å². The first-order chi connectivity index (χ1) is 7.31. The number of halogens is 1. The van der Waals surface area contributed by atoms with Crippen molar-refractivity contribution in [3.8, 4) is 0 Å². The fraction of sp³-hybridized carbons (Fsp3) is 0.667. The fourth-order valence-electron chi connectivity index (χ4n) is 1.71. The molecule has 15 heavy (non-hydrogen) atoms. The molecule has 0 aliphatic carbocycles. The maximum absolute atomic E-state index is 11.9. The second-order valence-electron chi connectivity index (χ2n) is 3.68. The zero-order valence-electron chi connectivity index (χ0n) is 8.23. The van der Waals surface area contributed by atoms with E-state index < -0.39 is 0 Å². The Morgan fingerprint density at radius 3 is 2.87 bits per heavy atom. The quantitative estimate of drug-likeness (QED) is 0.744. The summed E-state index contributed by atoms with van der Waals surface area (Å²) in [6.45, 7) is 1.57. The number of hydrogen-bond acceptors (Lipinski definition) is 4. The largest absolute Gasteiger partial charge is 0.337 e. The van der Waals surface area contributed by atoms with Gasteiger partial charge in [0.15, 0.2) is 5.69 Å². The first-order valence-corrected chi connectivity index (χ1v) is 6.30. The van der Waals surface area contributed by atoms with Crippen molar-refractivity contribution in [1.29, 1.82) is 0 Å². The van der Waals surface area contributed by atoms with Crippen LogP contribution in [0.4, 0.5) is 0 Å². The number of piperidine rings is 1. The fourth-order valence-corrected chi connectivity index (χ4v) is 2.45. The van der Waals surface area contributed by atoms with Gasteiger partial charge in [-0.2, -0.15) is 0 Å². The molecule has 0 bridgehead atoms. The Bertz CT molecular complexity index is 322. The van der Waals surface area contributed by atoms with E-state index in [4.69, 9.17) is 11.6 Å². The summed E-state index contributed by atoms with van der Waals surface area (Å²) in [6.07, 6.45) is 1.99. The van der Waals surface area contributed by atoms with Gasteiger partial charge in [0.2, 0.25) is 0 Å². The number of nitrogens with zero attached hydrogens (tertiary/aromatic N) is 3. The maximum Gasteiger partial charge on any atom is 0.275 e. The lowest BCUT2D eigenvalue weighted by Crippen LogP contribution is -2.39. The smallest absolute Gasteiger partial charge is 0.275 e. The van der Waals surface area contributed by atoms with Crippen LogP contribution < -0.4 is 0 Å². The summed E-state index contributed by atoms with van der Waals surface area (Å²) in [5, 5.41) is 5.47. The molecule has 4 nitrogen and oxygen atoms in total. The van der Waals surface area contributed by atoms with Crippen LogP contribution in [0.25, 0.3) is 0 Å². The average molecular weight is 246 g/mol. The van der Waals surface area contributed by atoms with Crippen molar-refractivity contribution in [1.82, 2.24) is 14.5 Å². The number of hydrogen-bond donors (Lipinski definition) is 0. The third kappa shape index (κ3) is 2.46. The van der Waals surface area contributed by atoms with Crippen molar-refractivity contribution >= 4 is 29.0 Å². The molecule has 1 amide bonds. The number of alkyl halides is 1. The molecule has 6 heteroatoms. The lowest BCUT2D eigenvalue weighted by atomic mass is 9.99. The molecule has 1 saturated heterocycles. The van der Waals surface area contributed by atoms with E-state index >= 15 is 0 Å². The number of carbonyl (C=O) groups excluding carboxylic acids is 1. The standard InChI is InChI=1S/C9H12ClN3OS/c10-5-7-1-3-13(4-2-7)9(14)8-6-15-12-11-8/h6-7H,1-5H2. The molecule has 0 aromatic carbocycles. The van der Waals surface area contributed by atoms with Crippen molar-refractivity contribution < 1.29 is 4.79 Å². The maximum atomic E-state index is 11.9. The van der Waals surface area contributed by atoms with Gasteiger partial charge in [0.1, 0.15) is 0 Å². The number of rotatable bonds is 2. The van der Waals surface area contributed by atoms with E-state index in [-0.39, 0.29) is 5.91 Å². The van der Waals surface area contributed by atoms with Crippen molar-refractivity contribution in [3.05, 3.63) is 11.1 Å². The zero-order chi connectivity index (χ0) is 10.7. The summed E-state index contributed by atoms with van der Waals surface area (Å²) in [5.41, 5.74) is 0.462. The normalized spacial score (nSPS) is 18.1. The molecule has 0 radical (unpaired) electrons. The minimum absolute atomic E-state index is 0.00299. The predicted octanol–water partition coefficient (Wildman–Crippen LogP) is 1.63. The van der Waals surface area contributed by atoms with Crippen LogP contribution >= 0.6 is 23.1 Å². The number of amides is 1. The molecule has 82 valence electrons. The molecular weight excluding hydrogens is 234 g/mol. The highest BCUT2D eigenvalue weighted by atomic mass is 35.5. The summed E-state index contributed by atoms with van der Waals surface area (Å²) in [7, 11) is 0. The van der Waals surface area contributed by atoms with E-state index in [0.29, 0.717) is 17.5 Å². The molecule has 1 fully saturated rings. The molecule has 0 N–H and O–H groups in total. The Kier molecular flexibility index (Phi) is 3.53. The van der Waals surface area contributed by atoms with Crippen LogP contribution in [0, 0.1) is 5.92 Å². The molecular formula is C9H12ClN3OS. The minimum atomic E-state index is -0.00299. The lowest BCUT2D eigenvalue weighted by Gasteiger charge is -2.30. The van der Waals surface area contributed by atoms with Crippen LogP contribution in [0.15, 0.2) is 5.38 Å². The molecule has 0 spiro atoms. The summed E-state index contributed by atoms with van der Waals surface area (Å²) < 4.78 is 3.69. The second kappa shape index (κ2) is 4.90. The molecule has 1 aromatic heterocycles. The van der Waals surface area contributed by atoms with E-state index in [1.165, 1.54) is 11.5 Å². The van der Waals surface area contributed by atoms with Gasteiger partial charge in [0.05, 0.1) is 0 Å². The number of aromatic nitrogens is 2. The highest BCUT2D eigenvalue weighted by molar-refractivity contribution is 7.03. The lowest BCUT2D eigenvalue weighted by molar-refractivity contribution is 0.0692. The van der Waals surface area contributed by atoms with Crippen LogP contribution in [0.3, 0.4) is 0 Å². The third-order valence-electron chi connectivity index (χ3n) is 2.70. The Morgan fingerprint density at radius 1 is 1.60 bits per heavy atom. The van der Waals surface area contributed by atoms with Gasteiger partial charge < -0.3 is 4.90 Å². The summed E-state index contributed by atoms with van der Waals surface area (Å²) in [4.78, 5) is 13.7. The monoisotopic (exact) mass is 245 g/mol. The van der Waals surface area contributed by atoms with Crippen molar-refractivity contribution in [2.75, 3.05) is 19.0 Å². The van der Waals surface area contributed by atoms with Crippen LogP contribution in [-0.4, -0.2) is 39.4 Å². The topological polar surface area (TPSA) is 46.1 Å². The first-order valence-electron chi connectivity index (χ1n) is 4.93. The van der Waals surface area contributed by atoms with Crippen LogP contribution in [0.2, 0.25) is 0 Å². The molecule has 1 aliphatic rings. The van der Waals surface area contributed by atoms with Gasteiger partial charge in [0.25, 0.3) is 5.91 Å². The molecule has 2 rings (SSSR count). The Labute approximate surface area is 97.4 Å². The van der Waals surface area contributed by atoms with E-state index in [9.17, 15) is 4.79 Å². The molecule has 1 aliphatic heterocycles. The van der Waals surface area contributed by atoms with Crippen LogP contribution in [0.1, 0.15) is 23.3 Å². The van der Waals surface area contributed by atoms with Gasteiger partial charge in [-0.25, -0.2) is 0 Å². The average Bonchev–Trinajstić information content (AvgIpc) is 2.82. The van der Waals surface area contributed by atoms with Gasteiger partial charge in [-0.3, -0.25) is 4.79 Å². The highest BCUT2D eigenvalue weighted by Gasteiger charge is 2.24. The van der Waals surface area contributed by atoms with Gasteiger partial charge in [0, 0.05) is 24.3 Å². The van der Waals surface area contributed by atoms with Gasteiger partial charge in [-0.05, 0) is 30.3 Å². The van der Waals surface area contributed by atoms with Gasteiger partial charge >= 0.3 is 0 Å². The summed E-state index contributed by atoms with van der Waals surface area (Å²) >= 11 is 6.99. The van der Waals surface area contributed by atoms with Gasteiger partial charge in [-0.1, -0.05) is 4.49 Å². The van der Waals surface area contributed by atoms with Crippen LogP contribution in [0.5, 0.6) is 0 Å². The molecule has 2 heterocycles. The van der Waals surface area contributed by atoms with Crippen LogP contribution in [-0.2, 0) is 0 Å². The second-order valence-corrected chi connectivity index (χ2v) is 4.60. The number of likely N-dealkylation sites (tertiary alicyclic amines) is 1. The number of carbonyl (C=O) groups is 1. The SMILES string of the molecule is O=C(c1csnn1)N1CCC(CCl)CC1. The first kappa shape index (κ1) is 10.8. The van der Waals surface area contributed by atoms with Crippen molar-refractivity contribution in [2.45, 2.75) is 12.8 Å². The third-order valence-corrected chi connectivity index (χ3v) is 3.64. The van der Waals surface area contributed by atoms with E-state index in [2.05, 4.69) is 9.59 Å². The Morgan fingerprint density at radius 2 is 2.33 bits per heavy atom. The van der Waals surface area contributed by atoms with E-state index in [1.54, 1.807) is 5.38 Å². The van der Waals surface area contributed by atoms with E-state index in [1.807, 2.05) is 4.90 Å². The van der Waals surface area contributed by atoms with Crippen molar-refractivity contribution in [2.24, 2.45) is 5.92 Å². The van der Waals surface area contributed by atoms with Gasteiger partial charge in [-0.15, -0.1) is 16.7 Å². The summed E-state index contributed by atoms with van der Waals surface area (Å²) in [5.74, 6) is 1.25. The molecule has 1 aromatic rings. The molecule has 0 unspecified atom stereocenters. The molecule has 0 atom stereocenters. The Balaban J connectivity index is 1.93. The minimum Gasteiger partial charge on any atom is -0.337 e. The molecule has 0 saturated carbocycles. The highest BCUT2D eigenvalue weighted by Crippen LogP contribution is 2.19. The zero-order valence-corrected chi connectivity index (χ0v) is 9.80. The summed E-state index contributed by atoms with van der Waals surface area (Å²) in [6, 6.07) is 0. The van der Waals surface area contributed by atoms with E-state index in [0.717, 1.165) is 25.9 Å².